The summed E-state index contributed by atoms with van der Waals surface area (Å²) in [6.07, 6.45) is 1.88. The van der Waals surface area contributed by atoms with Crippen LogP contribution >= 0.6 is 0 Å². The third-order valence-electron chi connectivity index (χ3n) is 16.1. The van der Waals surface area contributed by atoms with Crippen LogP contribution in [0.2, 0.25) is 0 Å². The fraction of sp³-hybridized carbons (Fsp3) is 0.0588. The predicted molar refractivity (Wildman–Crippen MR) is 281 cm³/mol. The third-order valence-corrected chi connectivity index (χ3v) is 16.1. The molecular weight excluding hydrogens is 817 g/mol. The first-order valence-electron chi connectivity index (χ1n) is 24.2. The molecular formula is C68H44. The highest BCUT2D eigenvalue weighted by Gasteiger charge is 2.51. The van der Waals surface area contributed by atoms with Gasteiger partial charge in [-0.05, 0) is 164 Å². The minimum atomic E-state index is -0.413. The van der Waals surface area contributed by atoms with Gasteiger partial charge in [-0.1, -0.05) is 224 Å². The third kappa shape index (κ3) is 5.21. The number of rotatable bonds is 5. The molecule has 0 aliphatic heterocycles. The van der Waals surface area contributed by atoms with E-state index in [1.165, 1.54) is 139 Å². The molecule has 0 fully saturated rings. The molecule has 0 N–H and O–H groups in total. The molecule has 4 aliphatic rings. The summed E-state index contributed by atoms with van der Waals surface area (Å²) in [5.74, 6) is -0.0112. The van der Waals surface area contributed by atoms with E-state index in [9.17, 15) is 0 Å². The largest absolute Gasteiger partial charge is 0.0725 e. The predicted octanol–water partition coefficient (Wildman–Crippen LogP) is 16.8. The summed E-state index contributed by atoms with van der Waals surface area (Å²) in [4.78, 5) is 0. The lowest BCUT2D eigenvalue weighted by atomic mass is 9.70. The van der Waals surface area contributed by atoms with Crippen LogP contribution < -0.4 is 0 Å². The van der Waals surface area contributed by atoms with Gasteiger partial charge in [-0.25, -0.2) is 0 Å². The van der Waals surface area contributed by atoms with Crippen molar-refractivity contribution in [1.29, 1.82) is 0 Å². The molecule has 15 rings (SSSR count). The zero-order valence-corrected chi connectivity index (χ0v) is 37.5. The zero-order valence-electron chi connectivity index (χ0n) is 37.5. The van der Waals surface area contributed by atoms with Crippen LogP contribution in [0.15, 0.2) is 237 Å². The number of benzene rings is 11. The van der Waals surface area contributed by atoms with Crippen molar-refractivity contribution in [2.24, 2.45) is 0 Å². The number of hydrogen-bond donors (Lipinski definition) is 0. The highest BCUT2D eigenvalue weighted by molar-refractivity contribution is 6.06. The lowest BCUT2D eigenvalue weighted by Gasteiger charge is -2.31. The Morgan fingerprint density at radius 2 is 0.824 bits per heavy atom. The average Bonchev–Trinajstić information content (AvgIpc) is 4.14. The molecule has 0 amide bonds. The molecule has 0 bridgehead atoms. The van der Waals surface area contributed by atoms with Crippen molar-refractivity contribution in [3.63, 3.8) is 0 Å². The summed E-state index contributed by atoms with van der Waals surface area (Å²) in [6.45, 7) is 0. The van der Waals surface area contributed by atoms with E-state index in [1.54, 1.807) is 0 Å². The van der Waals surface area contributed by atoms with Crippen molar-refractivity contribution in [3.8, 4) is 66.8 Å². The highest BCUT2D eigenvalue weighted by atomic mass is 14.5. The van der Waals surface area contributed by atoms with Crippen LogP contribution in [0, 0.1) is 0 Å². The molecule has 1 unspecified atom stereocenters. The molecule has 0 radical (unpaired) electrons. The second kappa shape index (κ2) is 14.3. The first-order valence-corrected chi connectivity index (χ1v) is 24.2. The topological polar surface area (TPSA) is 0 Å². The summed E-state index contributed by atoms with van der Waals surface area (Å²) in [5, 5.41) is 2.63. The molecule has 0 nitrogen and oxygen atoms in total. The van der Waals surface area contributed by atoms with Crippen LogP contribution in [0.1, 0.15) is 67.1 Å². The normalized spacial score (nSPS) is 14.1. The van der Waals surface area contributed by atoms with Gasteiger partial charge in [0.05, 0.1) is 5.41 Å². The van der Waals surface area contributed by atoms with Crippen molar-refractivity contribution in [1.82, 2.24) is 0 Å². The van der Waals surface area contributed by atoms with Gasteiger partial charge >= 0.3 is 0 Å². The Balaban J connectivity index is 0.938. The molecule has 316 valence electrons. The maximum atomic E-state index is 2.59. The molecule has 4 aliphatic carbocycles. The molecule has 11 aromatic rings. The van der Waals surface area contributed by atoms with E-state index >= 15 is 0 Å². The molecule has 68 heavy (non-hydrogen) atoms. The first-order chi connectivity index (χ1) is 33.7. The van der Waals surface area contributed by atoms with Gasteiger partial charge < -0.3 is 0 Å². The van der Waals surface area contributed by atoms with E-state index < -0.39 is 5.41 Å². The Bertz CT molecular complexity index is 3840. The molecule has 11 aromatic carbocycles. The quantitative estimate of drug-likeness (QED) is 0.151. The SMILES string of the molecule is c1ccc(-c2ccc(C(c3ccc4c(c3)-c3cc5ccccc5c(-c5cccc6c5Cc5ccccc5-6)c3C4)c3ccc4c(c3)C3(c5ccccc5-c5ccccc53)c3ccccc3-4)cc2)cc1. The van der Waals surface area contributed by atoms with Crippen molar-refractivity contribution in [3.05, 3.63) is 298 Å². The van der Waals surface area contributed by atoms with Crippen LogP contribution in [0.3, 0.4) is 0 Å². The fourth-order valence-corrected chi connectivity index (χ4v) is 13.3. The van der Waals surface area contributed by atoms with Crippen molar-refractivity contribution in [2.75, 3.05) is 0 Å². The van der Waals surface area contributed by atoms with Crippen LogP contribution in [0.4, 0.5) is 0 Å². The molecule has 0 saturated carbocycles. The molecule has 1 spiro atoms. The highest BCUT2D eigenvalue weighted by Crippen LogP contribution is 2.63. The van der Waals surface area contributed by atoms with Crippen LogP contribution in [-0.2, 0) is 18.3 Å². The first kappa shape index (κ1) is 37.9. The average molecular weight is 861 g/mol. The van der Waals surface area contributed by atoms with E-state index in [-0.39, 0.29) is 5.92 Å². The van der Waals surface area contributed by atoms with E-state index in [2.05, 4.69) is 237 Å². The Morgan fingerprint density at radius 1 is 0.294 bits per heavy atom. The molecule has 0 heteroatoms. The lowest BCUT2D eigenvalue weighted by Crippen LogP contribution is -2.26. The Labute approximate surface area is 397 Å². The van der Waals surface area contributed by atoms with Gasteiger partial charge in [0.15, 0.2) is 0 Å². The smallest absolute Gasteiger partial charge is 0.0622 e. The minimum absolute atomic E-state index is 0.0112. The maximum Gasteiger partial charge on any atom is 0.0725 e. The standard InChI is InChI=1S/C68H44/c1-2-15-42(16-3-1)43-29-31-44(32-30-43)66(49-35-36-56-55-23-10-13-28-64(55)68(65(56)41-49)62-26-11-8-21-53(62)54-22-9-12-27-63(54)68)48-34-33-47-39-61-60(58(47)40-48)38-46-18-5-7-20-51(46)67(61)57-25-14-24-52-50-19-6-4-17-45(50)37-59(52)57/h1-36,38,40-41,66H,37,39H2. The lowest BCUT2D eigenvalue weighted by molar-refractivity contribution is 0.789. The van der Waals surface area contributed by atoms with Gasteiger partial charge in [0.2, 0.25) is 0 Å². The number of fused-ring (bicyclic) bond motifs is 17. The second-order valence-corrected chi connectivity index (χ2v) is 19.4. The van der Waals surface area contributed by atoms with Gasteiger partial charge in [0.25, 0.3) is 0 Å². The van der Waals surface area contributed by atoms with Gasteiger partial charge in [-0.15, -0.1) is 0 Å². The second-order valence-electron chi connectivity index (χ2n) is 19.4. The van der Waals surface area contributed by atoms with Gasteiger partial charge in [0.1, 0.15) is 0 Å². The van der Waals surface area contributed by atoms with Gasteiger partial charge in [-0.2, -0.15) is 0 Å². The fourth-order valence-electron chi connectivity index (χ4n) is 13.3. The van der Waals surface area contributed by atoms with Gasteiger partial charge in [0, 0.05) is 5.92 Å². The Morgan fingerprint density at radius 3 is 1.57 bits per heavy atom. The summed E-state index contributed by atoms with van der Waals surface area (Å²) < 4.78 is 0. The van der Waals surface area contributed by atoms with Crippen LogP contribution in [0.25, 0.3) is 77.5 Å². The van der Waals surface area contributed by atoms with E-state index in [4.69, 9.17) is 0 Å². The van der Waals surface area contributed by atoms with E-state index in [1.807, 2.05) is 0 Å². The van der Waals surface area contributed by atoms with Crippen molar-refractivity contribution >= 4 is 10.8 Å². The monoisotopic (exact) mass is 860 g/mol. The molecule has 0 heterocycles. The van der Waals surface area contributed by atoms with E-state index in [0.29, 0.717) is 0 Å². The Kier molecular flexibility index (Phi) is 7.98. The summed E-state index contributed by atoms with van der Waals surface area (Å²) >= 11 is 0. The van der Waals surface area contributed by atoms with Crippen molar-refractivity contribution < 1.29 is 0 Å². The zero-order chi connectivity index (χ0) is 44.5. The van der Waals surface area contributed by atoms with Crippen LogP contribution in [0.5, 0.6) is 0 Å². The summed E-state index contributed by atoms with van der Waals surface area (Å²) in [5.41, 5.74) is 30.7. The molecule has 0 saturated heterocycles. The van der Waals surface area contributed by atoms with E-state index in [0.717, 1.165) is 12.8 Å². The van der Waals surface area contributed by atoms with Crippen LogP contribution in [-0.4, -0.2) is 0 Å². The minimum Gasteiger partial charge on any atom is -0.0622 e. The molecule has 0 aromatic heterocycles. The van der Waals surface area contributed by atoms with Gasteiger partial charge in [-0.3, -0.25) is 0 Å². The summed E-state index contributed by atoms with van der Waals surface area (Å²) in [6, 6.07) is 90.0. The molecule has 1 atom stereocenters. The summed E-state index contributed by atoms with van der Waals surface area (Å²) in [7, 11) is 0. The number of hydrogen-bond acceptors (Lipinski definition) is 0. The maximum absolute atomic E-state index is 2.59. The van der Waals surface area contributed by atoms with Crippen molar-refractivity contribution in [2.45, 2.75) is 24.2 Å². The Hall–Kier alpha value is -8.32.